The molecule has 0 fully saturated rings. The lowest BCUT2D eigenvalue weighted by molar-refractivity contribution is 0.0526. The Morgan fingerprint density at radius 1 is 1.37 bits per heavy atom. The van der Waals surface area contributed by atoms with Crippen LogP contribution in [0, 0.1) is 0 Å². The second-order valence-electron chi connectivity index (χ2n) is 3.95. The first-order chi connectivity index (χ1) is 8.86. The van der Waals surface area contributed by atoms with Gasteiger partial charge in [0.2, 0.25) is 10.0 Å². The minimum Gasteiger partial charge on any atom is -0.462 e. The fourth-order valence-electron chi connectivity index (χ4n) is 1.30. The van der Waals surface area contributed by atoms with Crippen molar-refractivity contribution in [2.45, 2.75) is 24.8 Å². The lowest BCUT2D eigenvalue weighted by atomic mass is 10.2. The van der Waals surface area contributed by atoms with Crippen molar-refractivity contribution >= 4 is 16.0 Å². The number of aliphatic hydroxyl groups is 1. The van der Waals surface area contributed by atoms with Crippen LogP contribution >= 0.6 is 0 Å². The molecule has 0 amide bonds. The molecule has 0 aliphatic rings. The molecular weight excluding hydrogens is 270 g/mol. The van der Waals surface area contributed by atoms with Gasteiger partial charge in [0.15, 0.2) is 0 Å². The van der Waals surface area contributed by atoms with Gasteiger partial charge in [0.1, 0.15) is 0 Å². The number of carbonyl (C=O) groups excluding carboxylic acids is 1. The van der Waals surface area contributed by atoms with Crippen LogP contribution in [0.2, 0.25) is 0 Å². The molecule has 0 spiro atoms. The Morgan fingerprint density at radius 3 is 2.42 bits per heavy atom. The molecule has 106 valence electrons. The van der Waals surface area contributed by atoms with Crippen molar-refractivity contribution in [1.29, 1.82) is 0 Å². The van der Waals surface area contributed by atoms with E-state index in [4.69, 9.17) is 9.84 Å². The third-order valence-corrected chi connectivity index (χ3v) is 3.68. The van der Waals surface area contributed by atoms with E-state index < -0.39 is 22.1 Å². The summed E-state index contributed by atoms with van der Waals surface area (Å²) in [5, 5.41) is 9.05. The van der Waals surface area contributed by atoms with Gasteiger partial charge in [-0.05, 0) is 38.1 Å². The van der Waals surface area contributed by atoms with Gasteiger partial charge in [0, 0.05) is 6.54 Å². The van der Waals surface area contributed by atoms with Gasteiger partial charge in [-0.25, -0.2) is 17.9 Å². The molecule has 0 saturated carbocycles. The van der Waals surface area contributed by atoms with Crippen LogP contribution in [0.15, 0.2) is 29.2 Å². The number of esters is 1. The van der Waals surface area contributed by atoms with Gasteiger partial charge in [-0.1, -0.05) is 0 Å². The van der Waals surface area contributed by atoms with Gasteiger partial charge in [-0.3, -0.25) is 0 Å². The molecule has 0 heterocycles. The molecule has 1 aromatic carbocycles. The van der Waals surface area contributed by atoms with E-state index in [-0.39, 0.29) is 23.6 Å². The van der Waals surface area contributed by atoms with Gasteiger partial charge >= 0.3 is 5.97 Å². The molecule has 7 heteroatoms. The van der Waals surface area contributed by atoms with Gasteiger partial charge in [-0.2, -0.15) is 0 Å². The minimum absolute atomic E-state index is 0.0289. The Hall–Kier alpha value is -1.44. The predicted molar refractivity (Wildman–Crippen MR) is 69.3 cm³/mol. The Balaban J connectivity index is 2.83. The van der Waals surface area contributed by atoms with E-state index in [1.165, 1.54) is 31.2 Å². The Bertz CT molecular complexity index is 522. The number of ether oxygens (including phenoxy) is 1. The molecular formula is C12H17NO5S. The number of benzene rings is 1. The number of aliphatic hydroxyl groups excluding tert-OH is 1. The normalized spacial score (nSPS) is 13.0. The molecule has 0 saturated heterocycles. The molecule has 1 rings (SSSR count). The van der Waals surface area contributed by atoms with E-state index in [0.29, 0.717) is 0 Å². The third-order valence-electron chi connectivity index (χ3n) is 2.24. The van der Waals surface area contributed by atoms with E-state index in [2.05, 4.69) is 4.72 Å². The fourth-order valence-corrected chi connectivity index (χ4v) is 2.42. The van der Waals surface area contributed by atoms with Crippen LogP contribution < -0.4 is 4.72 Å². The van der Waals surface area contributed by atoms with E-state index in [0.717, 1.165) is 0 Å². The van der Waals surface area contributed by atoms with E-state index >= 15 is 0 Å². The monoisotopic (exact) mass is 287 g/mol. The summed E-state index contributed by atoms with van der Waals surface area (Å²) >= 11 is 0. The maximum Gasteiger partial charge on any atom is 0.338 e. The zero-order valence-electron chi connectivity index (χ0n) is 10.8. The number of hydrogen-bond acceptors (Lipinski definition) is 5. The fraction of sp³-hybridized carbons (Fsp3) is 0.417. The number of rotatable bonds is 6. The Kier molecular flexibility index (Phi) is 5.46. The van der Waals surface area contributed by atoms with Crippen molar-refractivity contribution in [2.24, 2.45) is 0 Å². The predicted octanol–water partition coefficient (Wildman–Crippen LogP) is 0.522. The van der Waals surface area contributed by atoms with Gasteiger partial charge in [0.05, 0.1) is 23.2 Å². The zero-order valence-corrected chi connectivity index (χ0v) is 11.6. The molecule has 1 atom stereocenters. The first kappa shape index (κ1) is 15.6. The van der Waals surface area contributed by atoms with Gasteiger partial charge in [0.25, 0.3) is 0 Å². The van der Waals surface area contributed by atoms with Crippen LogP contribution in [0.4, 0.5) is 0 Å². The topological polar surface area (TPSA) is 92.7 Å². The molecule has 1 aromatic rings. The highest BCUT2D eigenvalue weighted by atomic mass is 32.2. The summed E-state index contributed by atoms with van der Waals surface area (Å²) in [6.45, 7) is 3.36. The highest BCUT2D eigenvalue weighted by molar-refractivity contribution is 7.89. The average Bonchev–Trinajstić information content (AvgIpc) is 2.37. The van der Waals surface area contributed by atoms with Crippen molar-refractivity contribution in [3.05, 3.63) is 29.8 Å². The van der Waals surface area contributed by atoms with Crippen LogP contribution in [-0.4, -0.2) is 38.7 Å². The molecule has 0 aromatic heterocycles. The van der Waals surface area contributed by atoms with Crippen molar-refractivity contribution < 1.29 is 23.1 Å². The van der Waals surface area contributed by atoms with Crippen LogP contribution in [-0.2, 0) is 14.8 Å². The SMILES string of the molecule is CCOC(=O)c1ccc(S(=O)(=O)NCC(C)O)cc1. The highest BCUT2D eigenvalue weighted by Gasteiger charge is 2.15. The number of sulfonamides is 1. The maximum atomic E-state index is 11.8. The van der Waals surface area contributed by atoms with E-state index in [1.54, 1.807) is 6.92 Å². The summed E-state index contributed by atoms with van der Waals surface area (Å²) in [6, 6.07) is 5.40. The number of hydrogen-bond donors (Lipinski definition) is 2. The van der Waals surface area contributed by atoms with Crippen LogP contribution in [0.3, 0.4) is 0 Å². The minimum atomic E-state index is -3.67. The van der Waals surface area contributed by atoms with Crippen molar-refractivity contribution in [3.63, 3.8) is 0 Å². The Labute approximate surface area is 112 Å². The van der Waals surface area contributed by atoms with Crippen molar-refractivity contribution in [2.75, 3.05) is 13.2 Å². The summed E-state index contributed by atoms with van der Waals surface area (Å²) in [5.41, 5.74) is 0.288. The highest BCUT2D eigenvalue weighted by Crippen LogP contribution is 2.11. The smallest absolute Gasteiger partial charge is 0.338 e. The summed E-state index contributed by atoms with van der Waals surface area (Å²) in [4.78, 5) is 11.4. The maximum absolute atomic E-state index is 11.8. The average molecular weight is 287 g/mol. The van der Waals surface area contributed by atoms with E-state index in [1.807, 2.05) is 0 Å². The first-order valence-electron chi connectivity index (χ1n) is 5.81. The van der Waals surface area contributed by atoms with Gasteiger partial charge < -0.3 is 9.84 Å². The quantitative estimate of drug-likeness (QED) is 0.744. The van der Waals surface area contributed by atoms with Crippen molar-refractivity contribution in [1.82, 2.24) is 4.72 Å². The summed E-state index contributed by atoms with van der Waals surface area (Å²) < 4.78 is 30.7. The summed E-state index contributed by atoms with van der Waals surface area (Å²) in [5.74, 6) is -0.497. The first-order valence-corrected chi connectivity index (χ1v) is 7.30. The molecule has 0 aliphatic heterocycles. The molecule has 0 radical (unpaired) electrons. The van der Waals surface area contributed by atoms with E-state index in [9.17, 15) is 13.2 Å². The van der Waals surface area contributed by atoms with Crippen LogP contribution in [0.5, 0.6) is 0 Å². The summed E-state index contributed by atoms with van der Waals surface area (Å²) in [7, 11) is -3.67. The molecule has 0 bridgehead atoms. The second kappa shape index (κ2) is 6.65. The molecule has 6 nitrogen and oxygen atoms in total. The lowest BCUT2D eigenvalue weighted by Gasteiger charge is -2.08. The third kappa shape index (κ3) is 4.62. The number of nitrogens with one attached hydrogen (secondary N) is 1. The van der Waals surface area contributed by atoms with Crippen LogP contribution in [0.25, 0.3) is 0 Å². The molecule has 0 aliphatic carbocycles. The molecule has 2 N–H and O–H groups in total. The molecule has 1 unspecified atom stereocenters. The largest absolute Gasteiger partial charge is 0.462 e. The lowest BCUT2D eigenvalue weighted by Crippen LogP contribution is -2.30. The molecule has 19 heavy (non-hydrogen) atoms. The van der Waals surface area contributed by atoms with Gasteiger partial charge in [-0.15, -0.1) is 0 Å². The summed E-state index contributed by atoms with van der Waals surface area (Å²) in [6.07, 6.45) is -0.770. The zero-order chi connectivity index (χ0) is 14.5. The van der Waals surface area contributed by atoms with Crippen LogP contribution in [0.1, 0.15) is 24.2 Å². The standard InChI is InChI=1S/C12H17NO5S/c1-3-18-12(15)10-4-6-11(7-5-10)19(16,17)13-8-9(2)14/h4-7,9,13-14H,3,8H2,1-2H3. The second-order valence-corrected chi connectivity index (χ2v) is 5.71. The van der Waals surface area contributed by atoms with Crippen molar-refractivity contribution in [3.8, 4) is 0 Å². The number of carbonyl (C=O) groups is 1. The Morgan fingerprint density at radius 2 is 1.95 bits per heavy atom.